The van der Waals surface area contributed by atoms with Gasteiger partial charge in [-0.25, -0.2) is 10.2 Å². The first kappa shape index (κ1) is 15.8. The fraction of sp³-hybridized carbons (Fsp3) is 0.118. The largest absolute Gasteiger partial charge is 0.373 e. The van der Waals surface area contributed by atoms with E-state index in [4.69, 9.17) is 5.84 Å². The molecule has 3 aromatic rings. The summed E-state index contributed by atoms with van der Waals surface area (Å²) in [7, 11) is 0. The van der Waals surface area contributed by atoms with E-state index < -0.39 is 22.7 Å². The molecule has 0 saturated heterocycles. The molecule has 1 heterocycles. The highest BCUT2D eigenvalue weighted by Crippen LogP contribution is 2.28. The molecular weight excluding hydrogens is 311 g/mol. The summed E-state index contributed by atoms with van der Waals surface area (Å²) >= 11 is 0. The Hall–Kier alpha value is -3.06. The lowest BCUT2D eigenvalue weighted by Gasteiger charge is -2.25. The maximum atomic E-state index is 13.9. The van der Waals surface area contributed by atoms with Gasteiger partial charge in [0.25, 0.3) is 10.9 Å². The first-order chi connectivity index (χ1) is 11.5. The molecule has 0 aliphatic rings. The van der Waals surface area contributed by atoms with Crippen molar-refractivity contribution in [1.29, 1.82) is 0 Å². The molecule has 0 spiro atoms. The number of rotatable bonds is 5. The summed E-state index contributed by atoms with van der Waals surface area (Å²) in [5, 5.41) is 4.01. The van der Waals surface area contributed by atoms with Gasteiger partial charge < -0.3 is 5.32 Å². The van der Waals surface area contributed by atoms with Crippen LogP contribution >= 0.6 is 0 Å². The fourth-order valence-corrected chi connectivity index (χ4v) is 2.50. The van der Waals surface area contributed by atoms with E-state index >= 15 is 0 Å². The summed E-state index contributed by atoms with van der Waals surface area (Å²) in [5.41, 5.74) is -0.317. The summed E-state index contributed by atoms with van der Waals surface area (Å²) in [6, 6.07) is 8.95. The monoisotopic (exact) mass is 326 g/mol. The highest BCUT2D eigenvalue weighted by Gasteiger charge is 2.27. The molecule has 122 valence electrons. The Morgan fingerprint density at radius 1 is 1.12 bits per heavy atom. The van der Waals surface area contributed by atoms with E-state index in [2.05, 4.69) is 10.3 Å². The van der Waals surface area contributed by atoms with Crippen LogP contribution in [0.4, 0.5) is 21.5 Å². The number of hydrazine groups is 1. The zero-order chi connectivity index (χ0) is 17.3. The third-order valence-electron chi connectivity index (χ3n) is 3.80. The molecule has 2 aromatic carbocycles. The quantitative estimate of drug-likeness (QED) is 0.423. The van der Waals surface area contributed by atoms with Crippen molar-refractivity contribution < 1.29 is 4.39 Å². The summed E-state index contributed by atoms with van der Waals surface area (Å²) in [6.45, 7) is 1.70. The van der Waals surface area contributed by atoms with Crippen molar-refractivity contribution in [3.05, 3.63) is 80.6 Å². The lowest BCUT2D eigenvalue weighted by molar-refractivity contribution is 0.600. The number of hydrogen-bond donors (Lipinski definition) is 2. The van der Waals surface area contributed by atoms with Crippen molar-refractivity contribution in [2.75, 3.05) is 10.3 Å². The van der Waals surface area contributed by atoms with E-state index in [9.17, 15) is 14.0 Å². The number of nitrogens with two attached hydrogens (primary N) is 1. The Morgan fingerprint density at radius 2 is 1.79 bits per heavy atom. The second-order valence-corrected chi connectivity index (χ2v) is 5.34. The molecule has 1 unspecified atom stereocenters. The van der Waals surface area contributed by atoms with Gasteiger partial charge in [-0.3, -0.25) is 19.6 Å². The molecule has 1 atom stereocenters. The average Bonchev–Trinajstić information content (AvgIpc) is 2.61. The summed E-state index contributed by atoms with van der Waals surface area (Å²) in [4.78, 5) is 27.7. The summed E-state index contributed by atoms with van der Waals surface area (Å²) in [5.74, 6) is 5.56. The molecule has 1 aromatic heterocycles. The number of nitrogens with zero attached hydrogens (tertiary/aromatic N) is 2. The van der Waals surface area contributed by atoms with Crippen molar-refractivity contribution in [2.45, 2.75) is 13.0 Å². The minimum Gasteiger partial charge on any atom is -0.373 e. The highest BCUT2D eigenvalue weighted by molar-refractivity contribution is 5.79. The van der Waals surface area contributed by atoms with Crippen molar-refractivity contribution in [3.63, 3.8) is 0 Å². The zero-order valence-corrected chi connectivity index (χ0v) is 12.9. The van der Waals surface area contributed by atoms with Crippen molar-refractivity contribution >= 4 is 17.1 Å². The SMILES string of the molecule is CC(Nc1c(N(N)c2ccncc2)c(=O)c1=O)c1ccccc1F. The van der Waals surface area contributed by atoms with Crippen LogP contribution in [-0.2, 0) is 0 Å². The van der Waals surface area contributed by atoms with Crippen LogP contribution in [-0.4, -0.2) is 4.98 Å². The number of hydrogen-bond acceptors (Lipinski definition) is 6. The van der Waals surface area contributed by atoms with Gasteiger partial charge in [-0.1, -0.05) is 18.2 Å². The molecular formula is C17H15FN4O2. The topological polar surface area (TPSA) is 88.3 Å². The molecule has 0 aliphatic heterocycles. The van der Waals surface area contributed by atoms with Crippen LogP contribution in [0.25, 0.3) is 0 Å². The molecule has 7 heteroatoms. The van der Waals surface area contributed by atoms with Crippen LogP contribution in [0.3, 0.4) is 0 Å². The Kier molecular flexibility index (Phi) is 4.09. The molecule has 0 fully saturated rings. The molecule has 3 rings (SSSR count). The van der Waals surface area contributed by atoms with Crippen LogP contribution in [0.5, 0.6) is 0 Å². The molecule has 0 bridgehead atoms. The van der Waals surface area contributed by atoms with E-state index in [1.165, 1.54) is 18.5 Å². The van der Waals surface area contributed by atoms with Gasteiger partial charge in [-0.05, 0) is 25.1 Å². The molecule has 0 saturated carbocycles. The zero-order valence-electron chi connectivity index (χ0n) is 12.9. The van der Waals surface area contributed by atoms with Gasteiger partial charge in [0.15, 0.2) is 0 Å². The van der Waals surface area contributed by atoms with Gasteiger partial charge in [-0.2, -0.15) is 0 Å². The lowest BCUT2D eigenvalue weighted by Crippen LogP contribution is -2.43. The predicted molar refractivity (Wildman–Crippen MR) is 90.4 cm³/mol. The number of nitrogens with one attached hydrogen (secondary N) is 1. The second-order valence-electron chi connectivity index (χ2n) is 5.34. The Labute approximate surface area is 137 Å². The predicted octanol–water partition coefficient (Wildman–Crippen LogP) is 2.00. The Bertz CT molecular complexity index is 935. The minimum absolute atomic E-state index is 0.0504. The fourth-order valence-electron chi connectivity index (χ4n) is 2.50. The van der Waals surface area contributed by atoms with Gasteiger partial charge in [0.1, 0.15) is 17.2 Å². The van der Waals surface area contributed by atoms with Crippen LogP contribution in [0.15, 0.2) is 58.4 Å². The van der Waals surface area contributed by atoms with Gasteiger partial charge in [0.05, 0.1) is 11.7 Å². The molecule has 0 amide bonds. The number of benzene rings is 1. The maximum absolute atomic E-state index is 13.9. The Balaban J connectivity index is 1.91. The van der Waals surface area contributed by atoms with Crippen molar-refractivity contribution in [2.24, 2.45) is 5.84 Å². The highest BCUT2D eigenvalue weighted by atomic mass is 19.1. The van der Waals surface area contributed by atoms with Crippen LogP contribution in [0, 0.1) is 5.82 Å². The number of pyridine rings is 1. The summed E-state index contributed by atoms with van der Waals surface area (Å²) in [6.07, 6.45) is 3.05. The second kappa shape index (κ2) is 6.21. The van der Waals surface area contributed by atoms with Crippen molar-refractivity contribution in [1.82, 2.24) is 4.98 Å². The number of aromatic nitrogens is 1. The average molecular weight is 326 g/mol. The number of anilines is 3. The van der Waals surface area contributed by atoms with Crippen LogP contribution < -0.4 is 27.0 Å². The third kappa shape index (κ3) is 2.65. The van der Waals surface area contributed by atoms with Crippen molar-refractivity contribution in [3.8, 4) is 0 Å². The standard InChI is InChI=1S/C17H15FN4O2/c1-10(12-4-2-3-5-13(12)18)21-14-15(17(24)16(14)23)22(19)11-6-8-20-9-7-11/h2-10,21H,19H2,1H3. The minimum atomic E-state index is -0.683. The first-order valence-electron chi connectivity index (χ1n) is 7.30. The van der Waals surface area contributed by atoms with Crippen LogP contribution in [0.2, 0.25) is 0 Å². The molecule has 0 aliphatic carbocycles. The lowest BCUT2D eigenvalue weighted by atomic mass is 10.1. The third-order valence-corrected chi connectivity index (χ3v) is 3.80. The van der Waals surface area contributed by atoms with E-state index in [0.717, 1.165) is 5.01 Å². The maximum Gasteiger partial charge on any atom is 0.255 e. The van der Waals surface area contributed by atoms with E-state index in [1.807, 2.05) is 0 Å². The van der Waals surface area contributed by atoms with E-state index in [-0.39, 0.29) is 11.4 Å². The molecule has 0 radical (unpaired) electrons. The molecule has 3 N–H and O–H groups in total. The molecule has 6 nitrogen and oxygen atoms in total. The summed E-state index contributed by atoms with van der Waals surface area (Å²) < 4.78 is 13.9. The van der Waals surface area contributed by atoms with E-state index in [1.54, 1.807) is 37.3 Å². The first-order valence-corrected chi connectivity index (χ1v) is 7.30. The van der Waals surface area contributed by atoms with Gasteiger partial charge >= 0.3 is 0 Å². The smallest absolute Gasteiger partial charge is 0.255 e. The van der Waals surface area contributed by atoms with Crippen LogP contribution in [0.1, 0.15) is 18.5 Å². The van der Waals surface area contributed by atoms with E-state index in [0.29, 0.717) is 11.3 Å². The Morgan fingerprint density at radius 3 is 2.46 bits per heavy atom. The van der Waals surface area contributed by atoms with Gasteiger partial charge in [-0.15, -0.1) is 0 Å². The normalized spacial score (nSPS) is 12.1. The van der Waals surface area contributed by atoms with Gasteiger partial charge in [0, 0.05) is 18.0 Å². The van der Waals surface area contributed by atoms with Gasteiger partial charge in [0.2, 0.25) is 0 Å². The molecule has 24 heavy (non-hydrogen) atoms. The number of halogens is 1.